The molecule has 2 aliphatic rings. The molecule has 2 aliphatic carbocycles. The number of hydrogen-bond acceptors (Lipinski definition) is 5. The standard InChI is InChI=1S/C28H29N5O3/c1-17(2)33-26-23(15-29-33)22(14-24(31-26)25-4-3-13-36-25)28(35)32(21-11-12-21)16-18-5-7-19(8-6-18)27(34)30-20-9-10-20/h3-8,13-15,17,20-21H,9-12,16H2,1-2H3,(H,30,34). The van der Waals surface area contributed by atoms with Crippen molar-refractivity contribution in [3.63, 3.8) is 0 Å². The van der Waals surface area contributed by atoms with Crippen molar-refractivity contribution in [3.8, 4) is 11.5 Å². The van der Waals surface area contributed by atoms with Crippen LogP contribution in [0.15, 0.2) is 59.3 Å². The second-order valence-electron chi connectivity index (χ2n) is 10.1. The molecule has 6 rings (SSSR count). The smallest absolute Gasteiger partial charge is 0.255 e. The lowest BCUT2D eigenvalue weighted by atomic mass is 10.1. The van der Waals surface area contributed by atoms with Gasteiger partial charge in [-0.3, -0.25) is 9.59 Å². The topological polar surface area (TPSA) is 93.3 Å². The molecule has 0 saturated heterocycles. The fourth-order valence-corrected chi connectivity index (χ4v) is 4.49. The van der Waals surface area contributed by atoms with Crippen molar-refractivity contribution in [2.75, 3.05) is 0 Å². The van der Waals surface area contributed by atoms with Gasteiger partial charge in [0.25, 0.3) is 11.8 Å². The van der Waals surface area contributed by atoms with E-state index in [4.69, 9.17) is 9.40 Å². The number of fused-ring (bicyclic) bond motifs is 1. The highest BCUT2D eigenvalue weighted by Crippen LogP contribution is 2.33. The van der Waals surface area contributed by atoms with Crippen LogP contribution in [-0.2, 0) is 6.54 Å². The number of carbonyl (C=O) groups excluding carboxylic acids is 2. The minimum atomic E-state index is -0.0448. The molecule has 3 aromatic heterocycles. The van der Waals surface area contributed by atoms with E-state index in [1.54, 1.807) is 12.5 Å². The van der Waals surface area contributed by atoms with Gasteiger partial charge in [-0.15, -0.1) is 0 Å². The lowest BCUT2D eigenvalue weighted by Crippen LogP contribution is -2.33. The van der Waals surface area contributed by atoms with E-state index in [9.17, 15) is 9.59 Å². The second kappa shape index (κ2) is 8.93. The van der Waals surface area contributed by atoms with Gasteiger partial charge >= 0.3 is 0 Å². The van der Waals surface area contributed by atoms with Crippen LogP contribution in [0.1, 0.15) is 71.9 Å². The van der Waals surface area contributed by atoms with Gasteiger partial charge < -0.3 is 14.6 Å². The molecule has 0 unspecified atom stereocenters. The maximum absolute atomic E-state index is 14.0. The van der Waals surface area contributed by atoms with Crippen LogP contribution in [0.5, 0.6) is 0 Å². The molecule has 0 spiro atoms. The Hall–Kier alpha value is -3.94. The summed E-state index contributed by atoms with van der Waals surface area (Å²) in [5.41, 5.74) is 3.50. The summed E-state index contributed by atoms with van der Waals surface area (Å²) in [7, 11) is 0. The summed E-state index contributed by atoms with van der Waals surface area (Å²) >= 11 is 0. The van der Waals surface area contributed by atoms with Gasteiger partial charge in [-0.05, 0) is 75.4 Å². The van der Waals surface area contributed by atoms with Crippen molar-refractivity contribution >= 4 is 22.8 Å². The Balaban J connectivity index is 1.32. The van der Waals surface area contributed by atoms with E-state index in [1.165, 1.54) is 0 Å². The molecular formula is C28H29N5O3. The molecule has 1 N–H and O–H groups in total. The maximum Gasteiger partial charge on any atom is 0.255 e. The quantitative estimate of drug-likeness (QED) is 0.382. The van der Waals surface area contributed by atoms with E-state index in [1.807, 2.05) is 65.9 Å². The van der Waals surface area contributed by atoms with E-state index in [-0.39, 0.29) is 23.9 Å². The molecule has 2 amide bonds. The lowest BCUT2D eigenvalue weighted by molar-refractivity contribution is 0.0731. The van der Waals surface area contributed by atoms with E-state index >= 15 is 0 Å². The number of rotatable bonds is 8. The third kappa shape index (κ3) is 4.39. The van der Waals surface area contributed by atoms with E-state index < -0.39 is 0 Å². The van der Waals surface area contributed by atoms with Gasteiger partial charge in [0.1, 0.15) is 5.69 Å². The highest BCUT2D eigenvalue weighted by molar-refractivity contribution is 6.06. The highest BCUT2D eigenvalue weighted by atomic mass is 16.3. The van der Waals surface area contributed by atoms with Crippen LogP contribution in [0.25, 0.3) is 22.5 Å². The number of amides is 2. The van der Waals surface area contributed by atoms with Crippen LogP contribution in [0.2, 0.25) is 0 Å². The summed E-state index contributed by atoms with van der Waals surface area (Å²) in [5.74, 6) is 0.531. The fraction of sp³-hybridized carbons (Fsp3) is 0.357. The first-order valence-corrected chi connectivity index (χ1v) is 12.6. The Labute approximate surface area is 209 Å². The van der Waals surface area contributed by atoms with Crippen molar-refractivity contribution < 1.29 is 14.0 Å². The number of pyridine rings is 1. The first-order chi connectivity index (χ1) is 17.5. The van der Waals surface area contributed by atoms with Crippen molar-refractivity contribution in [1.82, 2.24) is 25.0 Å². The molecule has 4 aromatic rings. The number of aromatic nitrogens is 3. The maximum atomic E-state index is 14.0. The van der Waals surface area contributed by atoms with Crippen LogP contribution in [0, 0.1) is 0 Å². The molecule has 0 bridgehead atoms. The molecule has 8 heteroatoms. The van der Waals surface area contributed by atoms with Gasteiger partial charge in [-0.25, -0.2) is 9.67 Å². The molecule has 8 nitrogen and oxygen atoms in total. The van der Waals surface area contributed by atoms with E-state index in [0.717, 1.165) is 36.6 Å². The lowest BCUT2D eigenvalue weighted by Gasteiger charge is -2.23. The predicted octanol–water partition coefficient (Wildman–Crippen LogP) is 4.97. The minimum absolute atomic E-state index is 0.0361. The average molecular weight is 484 g/mol. The highest BCUT2D eigenvalue weighted by Gasteiger charge is 2.34. The van der Waals surface area contributed by atoms with Crippen LogP contribution < -0.4 is 5.32 Å². The van der Waals surface area contributed by atoms with Crippen LogP contribution in [0.4, 0.5) is 0 Å². The summed E-state index contributed by atoms with van der Waals surface area (Å²) in [6.07, 6.45) is 7.42. The van der Waals surface area contributed by atoms with Gasteiger partial charge in [0.2, 0.25) is 0 Å². The molecule has 36 heavy (non-hydrogen) atoms. The molecule has 2 fully saturated rings. The average Bonchev–Trinajstić information content (AvgIpc) is 3.78. The van der Waals surface area contributed by atoms with E-state index in [0.29, 0.717) is 40.8 Å². The third-order valence-electron chi connectivity index (χ3n) is 6.79. The van der Waals surface area contributed by atoms with E-state index in [2.05, 4.69) is 10.4 Å². The molecule has 0 radical (unpaired) electrons. The Morgan fingerprint density at radius 2 is 1.92 bits per heavy atom. The number of hydrogen-bond donors (Lipinski definition) is 1. The SMILES string of the molecule is CC(C)n1ncc2c(C(=O)N(Cc3ccc(C(=O)NC4CC4)cc3)C3CC3)cc(-c3ccco3)nc21. The number of nitrogens with one attached hydrogen (secondary N) is 1. The van der Waals surface area contributed by atoms with Gasteiger partial charge in [0.05, 0.1) is 23.4 Å². The Morgan fingerprint density at radius 3 is 2.56 bits per heavy atom. The van der Waals surface area contributed by atoms with Crippen molar-refractivity contribution in [3.05, 3.63) is 71.6 Å². The molecule has 2 saturated carbocycles. The number of furan rings is 1. The Morgan fingerprint density at radius 1 is 1.14 bits per heavy atom. The first-order valence-electron chi connectivity index (χ1n) is 12.6. The first kappa shape index (κ1) is 22.5. The Bertz CT molecular complexity index is 1410. The molecule has 3 heterocycles. The number of nitrogens with zero attached hydrogens (tertiary/aromatic N) is 4. The summed E-state index contributed by atoms with van der Waals surface area (Å²) in [6, 6.07) is 13.7. The third-order valence-corrected chi connectivity index (χ3v) is 6.79. The minimum Gasteiger partial charge on any atom is -0.463 e. The normalized spacial score (nSPS) is 15.4. The molecule has 0 aliphatic heterocycles. The van der Waals surface area contributed by atoms with Gasteiger partial charge in [-0.1, -0.05) is 12.1 Å². The number of carbonyl (C=O) groups is 2. The van der Waals surface area contributed by atoms with Crippen LogP contribution in [-0.4, -0.2) is 43.6 Å². The predicted molar refractivity (Wildman–Crippen MR) is 135 cm³/mol. The van der Waals surface area contributed by atoms with Crippen molar-refractivity contribution in [1.29, 1.82) is 0 Å². The van der Waals surface area contributed by atoms with Gasteiger partial charge in [0.15, 0.2) is 11.4 Å². The molecule has 0 atom stereocenters. The van der Waals surface area contributed by atoms with Crippen molar-refractivity contribution in [2.24, 2.45) is 0 Å². The summed E-state index contributed by atoms with van der Waals surface area (Å²) in [4.78, 5) is 33.1. The zero-order valence-corrected chi connectivity index (χ0v) is 20.5. The summed E-state index contributed by atoms with van der Waals surface area (Å²) < 4.78 is 7.44. The van der Waals surface area contributed by atoms with Crippen LogP contribution in [0.3, 0.4) is 0 Å². The monoisotopic (exact) mass is 483 g/mol. The largest absolute Gasteiger partial charge is 0.463 e. The summed E-state index contributed by atoms with van der Waals surface area (Å²) in [5, 5.41) is 8.28. The van der Waals surface area contributed by atoms with Crippen molar-refractivity contribution in [2.45, 2.75) is 64.2 Å². The zero-order chi connectivity index (χ0) is 24.8. The summed E-state index contributed by atoms with van der Waals surface area (Å²) in [6.45, 7) is 4.56. The Kier molecular flexibility index (Phi) is 5.59. The van der Waals surface area contributed by atoms with Gasteiger partial charge in [0, 0.05) is 30.2 Å². The number of benzene rings is 1. The molecule has 184 valence electrons. The zero-order valence-electron chi connectivity index (χ0n) is 20.5. The fourth-order valence-electron chi connectivity index (χ4n) is 4.49. The second-order valence-corrected chi connectivity index (χ2v) is 10.1. The van der Waals surface area contributed by atoms with Crippen LogP contribution >= 0.6 is 0 Å². The molecular weight excluding hydrogens is 454 g/mol. The van der Waals surface area contributed by atoms with Gasteiger partial charge in [-0.2, -0.15) is 5.10 Å². The molecule has 1 aromatic carbocycles.